The lowest BCUT2D eigenvalue weighted by molar-refractivity contribution is 0.102. The number of aromatic nitrogens is 1. The Hall–Kier alpha value is -3.12. The van der Waals surface area contributed by atoms with Crippen LogP contribution < -0.4 is 15.4 Å². The van der Waals surface area contributed by atoms with Crippen molar-refractivity contribution in [2.45, 2.75) is 6.42 Å². The molecule has 28 heavy (non-hydrogen) atoms. The molecule has 0 bridgehead atoms. The summed E-state index contributed by atoms with van der Waals surface area (Å²) in [5.41, 5.74) is 1.77. The van der Waals surface area contributed by atoms with Crippen molar-refractivity contribution in [1.29, 1.82) is 0 Å². The van der Waals surface area contributed by atoms with Crippen molar-refractivity contribution < 1.29 is 13.9 Å². The molecule has 2 N–H and O–H groups in total. The van der Waals surface area contributed by atoms with Crippen molar-refractivity contribution >= 4 is 29.0 Å². The largest absolute Gasteiger partial charge is 0.497 e. The monoisotopic (exact) mass is 399 g/mol. The minimum Gasteiger partial charge on any atom is -0.497 e. The number of ether oxygens (including phenoxy) is 1. The van der Waals surface area contributed by atoms with Gasteiger partial charge in [-0.1, -0.05) is 29.8 Å². The zero-order valence-electron chi connectivity index (χ0n) is 15.2. The Kier molecular flexibility index (Phi) is 6.45. The highest BCUT2D eigenvalue weighted by Crippen LogP contribution is 2.20. The molecule has 144 valence electrons. The summed E-state index contributed by atoms with van der Waals surface area (Å²) >= 11 is 5.90. The summed E-state index contributed by atoms with van der Waals surface area (Å²) in [6.07, 6.45) is 2.42. The van der Waals surface area contributed by atoms with Crippen LogP contribution in [0.1, 0.15) is 15.9 Å². The molecule has 0 radical (unpaired) electrons. The zero-order valence-corrected chi connectivity index (χ0v) is 16.0. The topological polar surface area (TPSA) is 63.2 Å². The highest BCUT2D eigenvalue weighted by atomic mass is 35.5. The number of benzene rings is 2. The molecule has 7 heteroatoms. The molecule has 0 saturated carbocycles. The Bertz CT molecular complexity index is 944. The smallest absolute Gasteiger partial charge is 0.261 e. The number of pyridine rings is 1. The van der Waals surface area contributed by atoms with E-state index in [4.69, 9.17) is 16.3 Å². The van der Waals surface area contributed by atoms with E-state index in [0.717, 1.165) is 23.4 Å². The molecule has 0 aliphatic rings. The summed E-state index contributed by atoms with van der Waals surface area (Å²) in [5, 5.41) is 5.86. The normalized spacial score (nSPS) is 10.4. The van der Waals surface area contributed by atoms with Crippen molar-refractivity contribution in [2.75, 3.05) is 24.3 Å². The van der Waals surface area contributed by atoms with Gasteiger partial charge in [0.25, 0.3) is 5.91 Å². The van der Waals surface area contributed by atoms with Gasteiger partial charge in [0.15, 0.2) is 0 Å². The number of anilines is 2. The van der Waals surface area contributed by atoms with Gasteiger partial charge in [-0.25, -0.2) is 9.37 Å². The van der Waals surface area contributed by atoms with Gasteiger partial charge in [-0.3, -0.25) is 4.79 Å². The van der Waals surface area contributed by atoms with Crippen molar-refractivity contribution in [3.8, 4) is 5.75 Å². The van der Waals surface area contributed by atoms with Gasteiger partial charge >= 0.3 is 0 Å². The number of nitrogens with one attached hydrogen (secondary N) is 2. The van der Waals surface area contributed by atoms with E-state index in [1.165, 1.54) is 18.2 Å². The predicted octanol–water partition coefficient (Wildman–Crippen LogP) is 4.79. The number of halogens is 2. The van der Waals surface area contributed by atoms with E-state index in [2.05, 4.69) is 15.6 Å². The van der Waals surface area contributed by atoms with E-state index in [-0.39, 0.29) is 10.6 Å². The molecule has 1 heterocycles. The summed E-state index contributed by atoms with van der Waals surface area (Å²) in [4.78, 5) is 16.4. The fourth-order valence-corrected chi connectivity index (χ4v) is 2.89. The summed E-state index contributed by atoms with van der Waals surface area (Å²) in [5.74, 6) is -0.188. The third-order valence-electron chi connectivity index (χ3n) is 4.07. The van der Waals surface area contributed by atoms with E-state index in [1.807, 2.05) is 24.3 Å². The van der Waals surface area contributed by atoms with Crippen molar-refractivity contribution in [1.82, 2.24) is 4.98 Å². The van der Waals surface area contributed by atoms with Gasteiger partial charge in [0.1, 0.15) is 17.4 Å². The van der Waals surface area contributed by atoms with Gasteiger partial charge in [0.05, 0.1) is 29.6 Å². The molecule has 2 aromatic carbocycles. The third-order valence-corrected chi connectivity index (χ3v) is 4.39. The molecule has 0 aliphatic heterocycles. The number of rotatable bonds is 7. The highest BCUT2D eigenvalue weighted by molar-refractivity contribution is 6.34. The van der Waals surface area contributed by atoms with Crippen LogP contribution in [-0.2, 0) is 6.42 Å². The first kappa shape index (κ1) is 19.6. The second-order valence-corrected chi connectivity index (χ2v) is 6.42. The fourth-order valence-electron chi connectivity index (χ4n) is 2.65. The standard InChI is InChI=1S/C21H19ClFN3O2/c1-28-16-5-2-4-14(12-16)10-11-24-15-8-9-19(25-13-15)26-21(27)20-17(22)6-3-7-18(20)23/h2-9,12-13,24H,10-11H2,1H3,(H,25,26,27). The molecular formula is C21H19ClFN3O2. The van der Waals surface area contributed by atoms with Crippen molar-refractivity contribution in [2.24, 2.45) is 0 Å². The average Bonchev–Trinajstić information content (AvgIpc) is 2.69. The van der Waals surface area contributed by atoms with E-state index >= 15 is 0 Å². The van der Waals surface area contributed by atoms with Crippen LogP contribution in [0.25, 0.3) is 0 Å². The molecule has 5 nitrogen and oxygen atoms in total. The van der Waals surface area contributed by atoms with Gasteiger partial charge in [-0.2, -0.15) is 0 Å². The van der Waals surface area contributed by atoms with Crippen molar-refractivity contribution in [3.05, 3.63) is 82.8 Å². The van der Waals surface area contributed by atoms with Crippen LogP contribution in [0.4, 0.5) is 15.9 Å². The molecule has 0 unspecified atom stereocenters. The quantitative estimate of drug-likeness (QED) is 0.599. The minimum absolute atomic E-state index is 0.0494. The number of hydrogen-bond acceptors (Lipinski definition) is 4. The van der Waals surface area contributed by atoms with Crippen LogP contribution in [-0.4, -0.2) is 24.5 Å². The number of amides is 1. The molecule has 0 spiro atoms. The maximum atomic E-state index is 13.8. The zero-order chi connectivity index (χ0) is 19.9. The fraction of sp³-hybridized carbons (Fsp3) is 0.143. The molecule has 0 saturated heterocycles. The Morgan fingerprint density at radius 1 is 1.18 bits per heavy atom. The molecule has 3 aromatic rings. The molecular weight excluding hydrogens is 381 g/mol. The first-order chi connectivity index (χ1) is 13.6. The molecule has 1 amide bonds. The second kappa shape index (κ2) is 9.19. The number of hydrogen-bond donors (Lipinski definition) is 2. The number of carbonyl (C=O) groups excluding carboxylic acids is 1. The number of carbonyl (C=O) groups is 1. The minimum atomic E-state index is -0.680. The Morgan fingerprint density at radius 3 is 2.71 bits per heavy atom. The first-order valence-corrected chi connectivity index (χ1v) is 9.03. The Morgan fingerprint density at radius 2 is 2.00 bits per heavy atom. The Labute approximate surface area is 167 Å². The summed E-state index contributed by atoms with van der Waals surface area (Å²) in [7, 11) is 1.64. The number of nitrogens with zero attached hydrogens (tertiary/aromatic N) is 1. The van der Waals surface area contributed by atoms with Crippen LogP contribution in [0, 0.1) is 5.82 Å². The van der Waals surface area contributed by atoms with Crippen LogP contribution >= 0.6 is 11.6 Å². The van der Waals surface area contributed by atoms with Crippen LogP contribution in [0.5, 0.6) is 5.75 Å². The third kappa shape index (κ3) is 4.98. The predicted molar refractivity (Wildman–Crippen MR) is 109 cm³/mol. The first-order valence-electron chi connectivity index (χ1n) is 8.65. The van der Waals surface area contributed by atoms with E-state index < -0.39 is 11.7 Å². The van der Waals surface area contributed by atoms with Gasteiger partial charge in [-0.15, -0.1) is 0 Å². The number of methoxy groups -OCH3 is 1. The van der Waals surface area contributed by atoms with Crippen LogP contribution in [0.2, 0.25) is 5.02 Å². The molecule has 3 rings (SSSR count). The molecule has 0 fully saturated rings. The lowest BCUT2D eigenvalue weighted by Crippen LogP contribution is -2.15. The second-order valence-electron chi connectivity index (χ2n) is 6.01. The molecule has 0 atom stereocenters. The summed E-state index contributed by atoms with van der Waals surface area (Å²) in [6.45, 7) is 0.714. The van der Waals surface area contributed by atoms with Crippen molar-refractivity contribution in [3.63, 3.8) is 0 Å². The van der Waals surface area contributed by atoms with Crippen LogP contribution in [0.3, 0.4) is 0 Å². The van der Waals surface area contributed by atoms with E-state index in [0.29, 0.717) is 12.4 Å². The SMILES string of the molecule is COc1cccc(CCNc2ccc(NC(=O)c3c(F)cccc3Cl)nc2)c1. The maximum absolute atomic E-state index is 13.8. The summed E-state index contributed by atoms with van der Waals surface area (Å²) < 4.78 is 19.0. The molecule has 0 aliphatic carbocycles. The Balaban J connectivity index is 1.55. The van der Waals surface area contributed by atoms with Gasteiger partial charge in [0, 0.05) is 6.54 Å². The average molecular weight is 400 g/mol. The van der Waals surface area contributed by atoms with E-state index in [9.17, 15) is 9.18 Å². The van der Waals surface area contributed by atoms with Gasteiger partial charge in [0.2, 0.25) is 0 Å². The highest BCUT2D eigenvalue weighted by Gasteiger charge is 2.16. The van der Waals surface area contributed by atoms with E-state index in [1.54, 1.807) is 25.4 Å². The maximum Gasteiger partial charge on any atom is 0.261 e. The van der Waals surface area contributed by atoms with Gasteiger partial charge in [-0.05, 0) is 48.4 Å². The van der Waals surface area contributed by atoms with Crippen LogP contribution in [0.15, 0.2) is 60.8 Å². The lowest BCUT2D eigenvalue weighted by atomic mass is 10.1. The lowest BCUT2D eigenvalue weighted by Gasteiger charge is -2.09. The van der Waals surface area contributed by atoms with Gasteiger partial charge < -0.3 is 15.4 Å². The molecule has 1 aromatic heterocycles. The summed E-state index contributed by atoms with van der Waals surface area (Å²) in [6, 6.07) is 15.4.